The number of fused-ring (bicyclic) bond motifs is 1. The molecule has 0 spiro atoms. The van der Waals surface area contributed by atoms with Crippen molar-refractivity contribution < 1.29 is 13.2 Å². The summed E-state index contributed by atoms with van der Waals surface area (Å²) in [6.45, 7) is 9.30. The molecule has 3 aromatic carbocycles. The van der Waals surface area contributed by atoms with Crippen LogP contribution in [0.5, 0.6) is 0 Å². The summed E-state index contributed by atoms with van der Waals surface area (Å²) in [6, 6.07) is 20.2. The molecule has 4 rings (SSSR count). The van der Waals surface area contributed by atoms with E-state index in [1.807, 2.05) is 64.1 Å². The van der Waals surface area contributed by atoms with Gasteiger partial charge in [0.2, 0.25) is 10.0 Å². The fraction of sp³-hybridized carbons (Fsp3) is 0.310. The Morgan fingerprint density at radius 3 is 2.08 bits per heavy atom. The maximum Gasteiger partial charge on any atom is 0.260 e. The first-order valence-electron chi connectivity index (χ1n) is 12.6. The number of benzene rings is 3. The van der Waals surface area contributed by atoms with Crippen molar-refractivity contribution in [1.82, 2.24) is 9.29 Å². The number of hydrogen-bond donors (Lipinski definition) is 0. The zero-order chi connectivity index (χ0) is 26.6. The molecule has 1 aromatic heterocycles. The van der Waals surface area contributed by atoms with Gasteiger partial charge in [-0.1, -0.05) is 67.6 Å². The van der Waals surface area contributed by atoms with Crippen LogP contribution in [0.1, 0.15) is 53.7 Å². The van der Waals surface area contributed by atoms with E-state index in [0.29, 0.717) is 30.3 Å². The number of amides is 1. The molecule has 0 radical (unpaired) electrons. The van der Waals surface area contributed by atoms with Crippen molar-refractivity contribution in [3.05, 3.63) is 89.0 Å². The van der Waals surface area contributed by atoms with Crippen LogP contribution in [0.3, 0.4) is 0 Å². The van der Waals surface area contributed by atoms with E-state index in [0.717, 1.165) is 39.7 Å². The van der Waals surface area contributed by atoms with Crippen LogP contribution in [0.4, 0.5) is 5.13 Å². The van der Waals surface area contributed by atoms with E-state index in [1.54, 1.807) is 17.0 Å². The Balaban J connectivity index is 1.71. The Bertz CT molecular complexity index is 1440. The van der Waals surface area contributed by atoms with Gasteiger partial charge in [0.1, 0.15) is 0 Å². The normalized spacial score (nSPS) is 11.8. The minimum absolute atomic E-state index is 0.201. The summed E-state index contributed by atoms with van der Waals surface area (Å²) in [5.74, 6) is -0.221. The van der Waals surface area contributed by atoms with Gasteiger partial charge in [-0.2, -0.15) is 4.31 Å². The molecule has 1 heterocycles. The maximum absolute atomic E-state index is 13.8. The van der Waals surface area contributed by atoms with E-state index in [9.17, 15) is 13.2 Å². The Labute approximate surface area is 223 Å². The smallest absolute Gasteiger partial charge is 0.260 e. The van der Waals surface area contributed by atoms with Gasteiger partial charge in [0.05, 0.1) is 21.7 Å². The molecule has 0 unspecified atom stereocenters. The van der Waals surface area contributed by atoms with Crippen LogP contribution in [-0.2, 0) is 16.6 Å². The van der Waals surface area contributed by atoms with Crippen LogP contribution in [0, 0.1) is 13.8 Å². The summed E-state index contributed by atoms with van der Waals surface area (Å²) in [4.78, 5) is 20.6. The zero-order valence-corrected chi connectivity index (χ0v) is 23.4. The van der Waals surface area contributed by atoms with Gasteiger partial charge >= 0.3 is 0 Å². The summed E-state index contributed by atoms with van der Waals surface area (Å²) < 4.78 is 28.9. The average Bonchev–Trinajstić information content (AvgIpc) is 3.36. The minimum Gasteiger partial charge on any atom is -0.279 e. The third kappa shape index (κ3) is 5.76. The van der Waals surface area contributed by atoms with Crippen molar-refractivity contribution in [3.8, 4) is 0 Å². The summed E-state index contributed by atoms with van der Waals surface area (Å²) in [7, 11) is -3.62. The van der Waals surface area contributed by atoms with Gasteiger partial charge in [0.15, 0.2) is 5.13 Å². The number of aryl methyl sites for hydroxylation is 2. The molecule has 4 aromatic rings. The molecule has 0 N–H and O–H groups in total. The largest absolute Gasteiger partial charge is 0.279 e. The van der Waals surface area contributed by atoms with Gasteiger partial charge in [-0.15, -0.1) is 0 Å². The Morgan fingerprint density at radius 1 is 0.865 bits per heavy atom. The van der Waals surface area contributed by atoms with E-state index in [-0.39, 0.29) is 10.8 Å². The third-order valence-corrected chi connectivity index (χ3v) is 9.40. The van der Waals surface area contributed by atoms with E-state index < -0.39 is 10.0 Å². The lowest BCUT2D eigenvalue weighted by atomic mass is 10.1. The van der Waals surface area contributed by atoms with Gasteiger partial charge in [0.25, 0.3) is 5.91 Å². The van der Waals surface area contributed by atoms with Crippen LogP contribution in [0.2, 0.25) is 0 Å². The number of carbonyl (C=O) groups is 1. The van der Waals surface area contributed by atoms with Crippen LogP contribution in [0.25, 0.3) is 10.2 Å². The number of carbonyl (C=O) groups excluding carboxylic acids is 1. The Morgan fingerprint density at radius 2 is 1.49 bits per heavy atom. The highest BCUT2D eigenvalue weighted by molar-refractivity contribution is 7.89. The molecule has 0 bridgehead atoms. The number of thiazole rings is 1. The SMILES string of the molecule is CCCN(CCC)S(=O)(=O)c1ccc(C(=O)N(Cc2ccccc2)c2nc3c(C)ccc(C)c3s2)cc1. The van der Waals surface area contributed by atoms with Crippen molar-refractivity contribution in [2.75, 3.05) is 18.0 Å². The fourth-order valence-corrected chi connectivity index (χ4v) is 7.01. The number of rotatable bonds is 10. The molecule has 8 heteroatoms. The number of sulfonamides is 1. The molecule has 0 fully saturated rings. The van der Waals surface area contributed by atoms with Crippen molar-refractivity contribution in [3.63, 3.8) is 0 Å². The van der Waals surface area contributed by atoms with Gasteiger partial charge in [-0.3, -0.25) is 9.69 Å². The highest BCUT2D eigenvalue weighted by Gasteiger charge is 2.26. The van der Waals surface area contributed by atoms with Gasteiger partial charge in [-0.25, -0.2) is 13.4 Å². The summed E-state index contributed by atoms with van der Waals surface area (Å²) >= 11 is 1.50. The standard InChI is InChI=1S/C29H33N3O3S2/c1-5-18-31(19-6-2)37(34,35)25-16-14-24(15-17-25)28(33)32(20-23-10-8-7-9-11-23)29-30-26-21(3)12-13-22(4)27(26)36-29/h7-17H,5-6,18-20H2,1-4H3. The van der Waals surface area contributed by atoms with Gasteiger partial charge < -0.3 is 0 Å². The van der Waals surface area contributed by atoms with Gasteiger partial charge in [-0.05, 0) is 67.6 Å². The molecule has 0 aliphatic carbocycles. The number of anilines is 1. The Kier molecular flexibility index (Phi) is 8.42. The predicted molar refractivity (Wildman–Crippen MR) is 152 cm³/mol. The molecular weight excluding hydrogens is 502 g/mol. The first kappa shape index (κ1) is 27.0. The van der Waals surface area contributed by atoms with Crippen molar-refractivity contribution in [2.45, 2.75) is 52.0 Å². The third-order valence-electron chi connectivity index (χ3n) is 6.28. The van der Waals surface area contributed by atoms with Crippen molar-refractivity contribution in [2.24, 2.45) is 0 Å². The molecule has 37 heavy (non-hydrogen) atoms. The van der Waals surface area contributed by atoms with Crippen LogP contribution < -0.4 is 4.90 Å². The monoisotopic (exact) mass is 535 g/mol. The molecule has 0 atom stereocenters. The predicted octanol–water partition coefficient (Wildman–Crippen LogP) is 6.57. The summed E-state index contributed by atoms with van der Waals surface area (Å²) in [6.07, 6.45) is 1.48. The van der Waals surface area contributed by atoms with Crippen molar-refractivity contribution in [1.29, 1.82) is 0 Å². The molecule has 1 amide bonds. The lowest BCUT2D eigenvalue weighted by Crippen LogP contribution is -2.33. The first-order valence-corrected chi connectivity index (χ1v) is 14.8. The second-order valence-corrected chi connectivity index (χ2v) is 12.1. The average molecular weight is 536 g/mol. The quantitative estimate of drug-likeness (QED) is 0.230. The zero-order valence-electron chi connectivity index (χ0n) is 21.8. The van der Waals surface area contributed by atoms with E-state index in [2.05, 4.69) is 6.07 Å². The summed E-state index contributed by atoms with van der Waals surface area (Å²) in [5, 5.41) is 0.620. The number of nitrogens with zero attached hydrogens (tertiary/aromatic N) is 3. The molecule has 0 aliphatic heterocycles. The molecule has 0 saturated carbocycles. The molecular formula is C29H33N3O3S2. The topological polar surface area (TPSA) is 70.6 Å². The molecule has 194 valence electrons. The van der Waals surface area contributed by atoms with Crippen LogP contribution >= 0.6 is 11.3 Å². The lowest BCUT2D eigenvalue weighted by molar-refractivity contribution is 0.0985. The molecule has 0 aliphatic rings. The minimum atomic E-state index is -3.62. The fourth-order valence-electron chi connectivity index (χ4n) is 4.28. The van der Waals surface area contributed by atoms with E-state index >= 15 is 0 Å². The maximum atomic E-state index is 13.8. The second-order valence-electron chi connectivity index (χ2n) is 9.18. The van der Waals surface area contributed by atoms with Crippen molar-refractivity contribution >= 4 is 42.6 Å². The number of hydrogen-bond acceptors (Lipinski definition) is 5. The molecule has 0 saturated heterocycles. The molecule has 6 nitrogen and oxygen atoms in total. The van der Waals surface area contributed by atoms with E-state index in [1.165, 1.54) is 27.8 Å². The van der Waals surface area contributed by atoms with Crippen LogP contribution in [-0.4, -0.2) is 36.7 Å². The highest BCUT2D eigenvalue weighted by atomic mass is 32.2. The van der Waals surface area contributed by atoms with E-state index in [4.69, 9.17) is 4.98 Å². The first-order chi connectivity index (χ1) is 17.8. The van der Waals surface area contributed by atoms with Gasteiger partial charge in [0, 0.05) is 18.7 Å². The van der Waals surface area contributed by atoms with Crippen LogP contribution in [0.15, 0.2) is 71.6 Å². The highest BCUT2D eigenvalue weighted by Crippen LogP contribution is 2.34. The lowest BCUT2D eigenvalue weighted by Gasteiger charge is -2.22. The number of aromatic nitrogens is 1. The summed E-state index contributed by atoms with van der Waals surface area (Å²) in [5.41, 5.74) is 4.49. The Hall–Kier alpha value is -3.07. The second kappa shape index (κ2) is 11.5.